The van der Waals surface area contributed by atoms with E-state index in [2.05, 4.69) is 4.98 Å². The summed E-state index contributed by atoms with van der Waals surface area (Å²) in [4.78, 5) is 4.24. The van der Waals surface area contributed by atoms with Crippen molar-refractivity contribution in [2.75, 3.05) is 5.88 Å². The molecule has 0 saturated heterocycles. The Bertz CT molecular complexity index is 508. The molecular weight excluding hydrogens is 257 g/mol. The fourth-order valence-corrected chi connectivity index (χ4v) is 2.03. The molecule has 4 heteroatoms. The van der Waals surface area contributed by atoms with Gasteiger partial charge in [0.25, 0.3) is 0 Å². The number of halogens is 2. The van der Waals surface area contributed by atoms with Gasteiger partial charge in [-0.05, 0) is 37.1 Å². The third-order valence-corrected chi connectivity index (χ3v) is 3.03. The number of rotatable bonds is 4. The van der Waals surface area contributed by atoms with Crippen molar-refractivity contribution in [3.8, 4) is 11.3 Å². The Labute approximate surface area is 111 Å². The molecule has 0 aliphatic rings. The summed E-state index contributed by atoms with van der Waals surface area (Å²) in [5.74, 6) is 2.14. The normalized spacial score (nSPS) is 10.8. The van der Waals surface area contributed by atoms with Gasteiger partial charge >= 0.3 is 0 Å². The van der Waals surface area contributed by atoms with Gasteiger partial charge in [-0.2, -0.15) is 0 Å². The minimum absolute atomic E-state index is 0.623. The average molecular weight is 270 g/mol. The molecule has 1 aromatic carbocycles. The molecule has 0 amide bonds. The monoisotopic (exact) mass is 269 g/mol. The number of benzene rings is 1. The third-order valence-electron chi connectivity index (χ3n) is 2.53. The SMILES string of the molecule is Cc1cc(Cl)ccc1-c1cnc(CCCCl)o1. The van der Waals surface area contributed by atoms with E-state index in [1.54, 1.807) is 6.20 Å². The highest BCUT2D eigenvalue weighted by molar-refractivity contribution is 6.30. The first-order chi connectivity index (χ1) is 8.20. The van der Waals surface area contributed by atoms with Crippen LogP contribution in [0.5, 0.6) is 0 Å². The maximum atomic E-state index is 5.92. The number of aromatic nitrogens is 1. The van der Waals surface area contributed by atoms with Crippen LogP contribution in [0.25, 0.3) is 11.3 Å². The van der Waals surface area contributed by atoms with Gasteiger partial charge in [0.2, 0.25) is 0 Å². The molecule has 0 radical (unpaired) electrons. The average Bonchev–Trinajstić information content (AvgIpc) is 2.75. The van der Waals surface area contributed by atoms with Crippen molar-refractivity contribution in [2.24, 2.45) is 0 Å². The first-order valence-corrected chi connectivity index (χ1v) is 6.39. The second-order valence-electron chi connectivity index (χ2n) is 3.87. The highest BCUT2D eigenvalue weighted by Crippen LogP contribution is 2.26. The summed E-state index contributed by atoms with van der Waals surface area (Å²) in [6, 6.07) is 5.71. The van der Waals surface area contributed by atoms with E-state index in [9.17, 15) is 0 Å². The number of aryl methyl sites for hydroxylation is 2. The van der Waals surface area contributed by atoms with Crippen molar-refractivity contribution in [3.63, 3.8) is 0 Å². The number of hydrogen-bond donors (Lipinski definition) is 0. The maximum absolute atomic E-state index is 5.92. The van der Waals surface area contributed by atoms with Gasteiger partial charge in [0.05, 0.1) is 6.20 Å². The minimum Gasteiger partial charge on any atom is -0.441 e. The van der Waals surface area contributed by atoms with E-state index in [1.807, 2.05) is 25.1 Å². The predicted molar refractivity (Wildman–Crippen MR) is 70.7 cm³/mol. The Balaban J connectivity index is 2.24. The van der Waals surface area contributed by atoms with Crippen LogP contribution >= 0.6 is 23.2 Å². The Morgan fingerprint density at radius 3 is 2.88 bits per heavy atom. The van der Waals surface area contributed by atoms with Crippen molar-refractivity contribution in [1.82, 2.24) is 4.98 Å². The molecule has 0 aliphatic heterocycles. The Hall–Kier alpha value is -0.990. The third kappa shape index (κ3) is 3.02. The molecule has 0 saturated carbocycles. The van der Waals surface area contributed by atoms with Crippen molar-refractivity contribution in [2.45, 2.75) is 19.8 Å². The van der Waals surface area contributed by atoms with Gasteiger partial charge in [0, 0.05) is 22.9 Å². The molecule has 2 aromatic rings. The van der Waals surface area contributed by atoms with Crippen molar-refractivity contribution >= 4 is 23.2 Å². The summed E-state index contributed by atoms with van der Waals surface area (Å²) in [6.07, 6.45) is 3.40. The highest BCUT2D eigenvalue weighted by Gasteiger charge is 2.08. The molecule has 0 bridgehead atoms. The van der Waals surface area contributed by atoms with E-state index < -0.39 is 0 Å². The lowest BCUT2D eigenvalue weighted by Gasteiger charge is -2.02. The largest absolute Gasteiger partial charge is 0.441 e. The van der Waals surface area contributed by atoms with Gasteiger partial charge in [-0.3, -0.25) is 0 Å². The van der Waals surface area contributed by atoms with Gasteiger partial charge in [0.15, 0.2) is 11.7 Å². The fourth-order valence-electron chi connectivity index (χ4n) is 1.67. The van der Waals surface area contributed by atoms with Crippen LogP contribution in [0.15, 0.2) is 28.8 Å². The zero-order valence-corrected chi connectivity index (χ0v) is 11.1. The second kappa shape index (κ2) is 5.56. The topological polar surface area (TPSA) is 26.0 Å². The van der Waals surface area contributed by atoms with Gasteiger partial charge < -0.3 is 4.42 Å². The van der Waals surface area contributed by atoms with Crippen LogP contribution in [-0.2, 0) is 6.42 Å². The standard InChI is InChI=1S/C13H13Cl2NO/c1-9-7-10(15)4-5-11(9)12-8-16-13(17-12)3-2-6-14/h4-5,7-8H,2-3,6H2,1H3. The van der Waals surface area contributed by atoms with Crippen LogP contribution in [0.2, 0.25) is 5.02 Å². The Kier molecular flexibility index (Phi) is 4.08. The van der Waals surface area contributed by atoms with Gasteiger partial charge in [-0.25, -0.2) is 4.98 Å². The van der Waals surface area contributed by atoms with E-state index in [4.69, 9.17) is 27.6 Å². The van der Waals surface area contributed by atoms with E-state index in [0.717, 1.165) is 40.6 Å². The van der Waals surface area contributed by atoms with E-state index in [0.29, 0.717) is 5.88 Å². The number of oxazole rings is 1. The predicted octanol–water partition coefficient (Wildman–Crippen LogP) is 4.47. The van der Waals surface area contributed by atoms with E-state index in [-0.39, 0.29) is 0 Å². The van der Waals surface area contributed by atoms with Crippen molar-refractivity contribution < 1.29 is 4.42 Å². The second-order valence-corrected chi connectivity index (χ2v) is 4.68. The lowest BCUT2D eigenvalue weighted by molar-refractivity contribution is 0.503. The highest BCUT2D eigenvalue weighted by atomic mass is 35.5. The Morgan fingerprint density at radius 1 is 1.35 bits per heavy atom. The van der Waals surface area contributed by atoms with Gasteiger partial charge in [0.1, 0.15) is 0 Å². The zero-order chi connectivity index (χ0) is 12.3. The lowest BCUT2D eigenvalue weighted by Crippen LogP contribution is -1.84. The van der Waals surface area contributed by atoms with Crippen molar-refractivity contribution in [3.05, 3.63) is 40.9 Å². The quantitative estimate of drug-likeness (QED) is 0.766. The lowest BCUT2D eigenvalue weighted by atomic mass is 10.1. The molecule has 0 N–H and O–H groups in total. The van der Waals surface area contributed by atoms with Crippen molar-refractivity contribution in [1.29, 1.82) is 0 Å². The van der Waals surface area contributed by atoms with Crippen LogP contribution in [0.1, 0.15) is 17.9 Å². The summed E-state index contributed by atoms with van der Waals surface area (Å²) in [5, 5.41) is 0.730. The minimum atomic E-state index is 0.623. The molecule has 0 unspecified atom stereocenters. The number of alkyl halides is 1. The molecule has 0 fully saturated rings. The van der Waals surface area contributed by atoms with Crippen LogP contribution < -0.4 is 0 Å². The Morgan fingerprint density at radius 2 is 2.18 bits per heavy atom. The molecule has 1 heterocycles. The molecule has 0 spiro atoms. The molecule has 90 valence electrons. The first-order valence-electron chi connectivity index (χ1n) is 5.48. The van der Waals surface area contributed by atoms with Gasteiger partial charge in [-0.1, -0.05) is 11.6 Å². The zero-order valence-electron chi connectivity index (χ0n) is 9.54. The first kappa shape index (κ1) is 12.5. The molecule has 0 aliphatic carbocycles. The smallest absolute Gasteiger partial charge is 0.194 e. The van der Waals surface area contributed by atoms with E-state index in [1.165, 1.54) is 0 Å². The molecular formula is C13H13Cl2NO. The van der Waals surface area contributed by atoms with E-state index >= 15 is 0 Å². The van der Waals surface area contributed by atoms with Crippen LogP contribution in [-0.4, -0.2) is 10.9 Å². The summed E-state index contributed by atoms with van der Waals surface area (Å²) in [7, 11) is 0. The molecule has 0 atom stereocenters. The maximum Gasteiger partial charge on any atom is 0.194 e. The summed E-state index contributed by atoms with van der Waals surface area (Å²) < 4.78 is 5.68. The number of hydrogen-bond acceptors (Lipinski definition) is 2. The van der Waals surface area contributed by atoms with Crippen LogP contribution in [0.4, 0.5) is 0 Å². The molecule has 1 aromatic heterocycles. The fraction of sp³-hybridized carbons (Fsp3) is 0.308. The van der Waals surface area contributed by atoms with Crippen LogP contribution in [0.3, 0.4) is 0 Å². The number of nitrogens with zero attached hydrogens (tertiary/aromatic N) is 1. The molecule has 2 rings (SSSR count). The summed E-state index contributed by atoms with van der Waals surface area (Å²) >= 11 is 11.6. The van der Waals surface area contributed by atoms with Gasteiger partial charge in [-0.15, -0.1) is 11.6 Å². The summed E-state index contributed by atoms with van der Waals surface area (Å²) in [5.41, 5.74) is 2.11. The molecule has 17 heavy (non-hydrogen) atoms. The van der Waals surface area contributed by atoms with Crippen LogP contribution in [0, 0.1) is 6.92 Å². The molecule has 2 nitrogen and oxygen atoms in total. The summed E-state index contributed by atoms with van der Waals surface area (Å²) in [6.45, 7) is 2.00.